The lowest BCUT2D eigenvalue weighted by Gasteiger charge is -2.14. The molecule has 4 nitrogen and oxygen atoms in total. The Labute approximate surface area is 139 Å². The summed E-state index contributed by atoms with van der Waals surface area (Å²) in [5.41, 5.74) is 0.966. The van der Waals surface area contributed by atoms with Crippen LogP contribution in [0.15, 0.2) is 49.4 Å². The summed E-state index contributed by atoms with van der Waals surface area (Å²) in [6, 6.07) is 10.6. The highest BCUT2D eigenvalue weighted by molar-refractivity contribution is 9.11. The Hall–Kier alpha value is -1.63. The standard InChI is InChI=1S/C16H14BrNO3S/c1-18(9-12-3-5-15(17)22-12)8-10-6-16(20)21-14-7-11(19)2-4-13(10)14/h2-7,19H,8-9H2,1H3/p+1. The van der Waals surface area contributed by atoms with Gasteiger partial charge in [-0.2, -0.15) is 0 Å². The van der Waals surface area contributed by atoms with Crippen LogP contribution in [0.1, 0.15) is 10.4 Å². The summed E-state index contributed by atoms with van der Waals surface area (Å²) >= 11 is 5.19. The molecule has 0 bridgehead atoms. The minimum absolute atomic E-state index is 0.0944. The molecule has 1 atom stereocenters. The number of aromatic hydroxyl groups is 1. The van der Waals surface area contributed by atoms with Crippen LogP contribution in [-0.4, -0.2) is 12.2 Å². The van der Waals surface area contributed by atoms with E-state index >= 15 is 0 Å². The summed E-state index contributed by atoms with van der Waals surface area (Å²) in [6.45, 7) is 1.60. The minimum atomic E-state index is -0.389. The number of benzene rings is 1. The Morgan fingerprint density at radius 1 is 1.23 bits per heavy atom. The molecule has 0 radical (unpaired) electrons. The van der Waals surface area contributed by atoms with Gasteiger partial charge >= 0.3 is 5.63 Å². The van der Waals surface area contributed by atoms with E-state index in [9.17, 15) is 9.90 Å². The maximum absolute atomic E-state index is 11.7. The molecule has 114 valence electrons. The minimum Gasteiger partial charge on any atom is -0.508 e. The molecule has 0 aliphatic carbocycles. The number of hydrogen-bond donors (Lipinski definition) is 2. The molecule has 1 unspecified atom stereocenters. The fourth-order valence-corrected chi connectivity index (χ4v) is 4.09. The predicted molar refractivity (Wildman–Crippen MR) is 90.5 cm³/mol. The molecule has 0 aliphatic heterocycles. The maximum atomic E-state index is 11.7. The number of halogens is 1. The molecular formula is C16H15BrNO3S+. The van der Waals surface area contributed by atoms with Crippen molar-refractivity contribution in [2.75, 3.05) is 7.05 Å². The van der Waals surface area contributed by atoms with Crippen LogP contribution in [-0.2, 0) is 13.1 Å². The zero-order valence-corrected chi connectivity index (χ0v) is 14.3. The molecule has 3 rings (SSSR count). The van der Waals surface area contributed by atoms with E-state index in [1.807, 2.05) is 6.07 Å². The SMILES string of the molecule is C[NH+](Cc1ccc(Br)s1)Cc1cc(=O)oc2cc(O)ccc12. The molecular weight excluding hydrogens is 366 g/mol. The third-order valence-electron chi connectivity index (χ3n) is 3.41. The average molecular weight is 381 g/mol. The number of phenols is 1. The number of quaternary nitrogens is 1. The monoisotopic (exact) mass is 380 g/mol. The van der Waals surface area contributed by atoms with Gasteiger partial charge in [0.2, 0.25) is 0 Å². The van der Waals surface area contributed by atoms with Gasteiger partial charge in [-0.05, 0) is 40.2 Å². The third kappa shape index (κ3) is 3.40. The predicted octanol–water partition coefficient (Wildman–Crippen LogP) is 2.54. The van der Waals surface area contributed by atoms with Crippen LogP contribution in [0.4, 0.5) is 0 Å². The highest BCUT2D eigenvalue weighted by Crippen LogP contribution is 2.22. The summed E-state index contributed by atoms with van der Waals surface area (Å²) in [4.78, 5) is 14.3. The Morgan fingerprint density at radius 2 is 2.05 bits per heavy atom. The van der Waals surface area contributed by atoms with Gasteiger partial charge in [-0.15, -0.1) is 11.3 Å². The number of nitrogens with one attached hydrogen (secondary N) is 1. The van der Waals surface area contributed by atoms with E-state index in [0.717, 1.165) is 21.3 Å². The summed E-state index contributed by atoms with van der Waals surface area (Å²) < 4.78 is 6.28. The molecule has 0 saturated heterocycles. The molecule has 3 aromatic rings. The molecule has 0 amide bonds. The Balaban J connectivity index is 1.88. The molecule has 22 heavy (non-hydrogen) atoms. The van der Waals surface area contributed by atoms with Crippen LogP contribution in [0.2, 0.25) is 0 Å². The highest BCUT2D eigenvalue weighted by Gasteiger charge is 2.12. The largest absolute Gasteiger partial charge is 0.508 e. The van der Waals surface area contributed by atoms with Gasteiger partial charge in [-0.1, -0.05) is 0 Å². The highest BCUT2D eigenvalue weighted by atomic mass is 79.9. The van der Waals surface area contributed by atoms with Crippen molar-refractivity contribution in [3.8, 4) is 5.75 Å². The van der Waals surface area contributed by atoms with Gasteiger partial charge in [0.1, 0.15) is 24.4 Å². The van der Waals surface area contributed by atoms with E-state index in [1.165, 1.54) is 21.9 Å². The van der Waals surface area contributed by atoms with Crippen molar-refractivity contribution >= 4 is 38.2 Å². The smallest absolute Gasteiger partial charge is 0.336 e. The van der Waals surface area contributed by atoms with E-state index in [0.29, 0.717) is 12.1 Å². The van der Waals surface area contributed by atoms with E-state index in [-0.39, 0.29) is 11.4 Å². The molecule has 0 spiro atoms. The van der Waals surface area contributed by atoms with Gasteiger partial charge in [0, 0.05) is 23.1 Å². The molecule has 2 heterocycles. The lowest BCUT2D eigenvalue weighted by molar-refractivity contribution is -0.907. The average Bonchev–Trinajstić information content (AvgIpc) is 2.83. The Bertz CT molecular complexity index is 871. The fourth-order valence-electron chi connectivity index (χ4n) is 2.50. The zero-order chi connectivity index (χ0) is 15.7. The summed E-state index contributed by atoms with van der Waals surface area (Å²) in [5, 5.41) is 10.4. The first-order valence-electron chi connectivity index (χ1n) is 6.82. The quantitative estimate of drug-likeness (QED) is 0.683. The number of thiophene rings is 1. The summed E-state index contributed by atoms with van der Waals surface area (Å²) in [5.74, 6) is 0.0944. The number of phenolic OH excluding ortho intramolecular Hbond substituents is 1. The molecule has 0 aliphatic rings. The first kappa shape index (κ1) is 15.3. The lowest BCUT2D eigenvalue weighted by atomic mass is 10.1. The van der Waals surface area contributed by atoms with Crippen molar-refractivity contribution in [1.82, 2.24) is 0 Å². The van der Waals surface area contributed by atoms with Crippen LogP contribution < -0.4 is 10.5 Å². The van der Waals surface area contributed by atoms with Crippen LogP contribution in [0.5, 0.6) is 5.75 Å². The third-order valence-corrected chi connectivity index (χ3v) is 5.03. The molecule has 0 fully saturated rings. The first-order valence-corrected chi connectivity index (χ1v) is 8.43. The van der Waals surface area contributed by atoms with Crippen LogP contribution >= 0.6 is 27.3 Å². The van der Waals surface area contributed by atoms with Gasteiger partial charge in [-0.25, -0.2) is 4.79 Å². The van der Waals surface area contributed by atoms with Gasteiger partial charge < -0.3 is 14.4 Å². The van der Waals surface area contributed by atoms with Crippen molar-refractivity contribution in [3.05, 3.63) is 61.0 Å². The topological polar surface area (TPSA) is 54.9 Å². The second-order valence-electron chi connectivity index (χ2n) is 5.29. The fraction of sp³-hybridized carbons (Fsp3) is 0.188. The van der Waals surface area contributed by atoms with Gasteiger partial charge in [0.05, 0.1) is 15.7 Å². The van der Waals surface area contributed by atoms with Crippen LogP contribution in [0.3, 0.4) is 0 Å². The molecule has 1 aromatic carbocycles. The maximum Gasteiger partial charge on any atom is 0.336 e. The number of fused-ring (bicyclic) bond motifs is 1. The van der Waals surface area contributed by atoms with Crippen molar-refractivity contribution in [2.45, 2.75) is 13.1 Å². The van der Waals surface area contributed by atoms with Gasteiger partial charge in [0.15, 0.2) is 0 Å². The van der Waals surface area contributed by atoms with Crippen LogP contribution in [0.25, 0.3) is 11.0 Å². The van der Waals surface area contributed by atoms with Crippen LogP contribution in [0, 0.1) is 0 Å². The van der Waals surface area contributed by atoms with E-state index < -0.39 is 0 Å². The molecule has 6 heteroatoms. The van der Waals surface area contributed by atoms with Crippen molar-refractivity contribution < 1.29 is 14.4 Å². The zero-order valence-electron chi connectivity index (χ0n) is 11.9. The van der Waals surface area contributed by atoms with Crippen molar-refractivity contribution in [3.63, 3.8) is 0 Å². The number of hydrogen-bond acceptors (Lipinski definition) is 4. The lowest BCUT2D eigenvalue weighted by Crippen LogP contribution is -3.06. The van der Waals surface area contributed by atoms with E-state index in [1.54, 1.807) is 23.5 Å². The Kier molecular flexibility index (Phi) is 4.33. The summed E-state index contributed by atoms with van der Waals surface area (Å²) in [7, 11) is 2.09. The number of rotatable bonds is 4. The van der Waals surface area contributed by atoms with E-state index in [4.69, 9.17) is 4.42 Å². The Morgan fingerprint density at radius 3 is 2.77 bits per heavy atom. The van der Waals surface area contributed by atoms with Crippen molar-refractivity contribution in [1.29, 1.82) is 0 Å². The molecule has 2 aromatic heterocycles. The molecule has 2 N–H and O–H groups in total. The molecule has 0 saturated carbocycles. The summed E-state index contributed by atoms with van der Waals surface area (Å²) in [6.07, 6.45) is 0. The van der Waals surface area contributed by atoms with Crippen molar-refractivity contribution in [2.24, 2.45) is 0 Å². The first-order chi connectivity index (χ1) is 10.5. The van der Waals surface area contributed by atoms with Gasteiger partial charge in [-0.3, -0.25) is 0 Å². The normalized spacial score (nSPS) is 12.6. The van der Waals surface area contributed by atoms with E-state index in [2.05, 4.69) is 29.0 Å². The second-order valence-corrected chi connectivity index (χ2v) is 7.84. The van der Waals surface area contributed by atoms with Gasteiger partial charge in [0.25, 0.3) is 0 Å². The second kappa shape index (κ2) is 6.24.